The lowest BCUT2D eigenvalue weighted by Crippen LogP contribution is -2.06. The molecule has 76 valence electrons. The second kappa shape index (κ2) is 6.13. The fourth-order valence-electron chi connectivity index (χ4n) is 1.08. The lowest BCUT2D eigenvalue weighted by Gasteiger charge is -2.02. The van der Waals surface area contributed by atoms with Crippen LogP contribution in [0.5, 0.6) is 0 Å². The number of nitrogens with zero attached hydrogens (tertiary/aromatic N) is 1. The second-order valence-electron chi connectivity index (χ2n) is 3.08. The van der Waals surface area contributed by atoms with E-state index >= 15 is 0 Å². The molecule has 0 N–H and O–H groups in total. The fraction of sp³-hybridized carbons (Fsp3) is 0.455. The van der Waals surface area contributed by atoms with Crippen molar-refractivity contribution in [3.63, 3.8) is 0 Å². The van der Waals surface area contributed by atoms with Crippen molar-refractivity contribution in [2.45, 2.75) is 26.2 Å². The van der Waals surface area contributed by atoms with E-state index in [0.717, 1.165) is 18.4 Å². The van der Waals surface area contributed by atoms with Gasteiger partial charge in [0.05, 0.1) is 6.61 Å². The molecule has 0 amide bonds. The smallest absolute Gasteiger partial charge is 0.306 e. The molecule has 0 unspecified atom stereocenters. The van der Waals surface area contributed by atoms with Crippen molar-refractivity contribution in [2.75, 3.05) is 6.61 Å². The molecule has 3 nitrogen and oxygen atoms in total. The van der Waals surface area contributed by atoms with Gasteiger partial charge >= 0.3 is 5.97 Å². The summed E-state index contributed by atoms with van der Waals surface area (Å²) in [5, 5.41) is 0. The Labute approximate surface area is 84.1 Å². The Morgan fingerprint density at radius 3 is 2.79 bits per heavy atom. The molecule has 0 saturated carbocycles. The van der Waals surface area contributed by atoms with Crippen LogP contribution in [0.25, 0.3) is 0 Å². The Morgan fingerprint density at radius 2 is 2.14 bits per heavy atom. The van der Waals surface area contributed by atoms with Crippen LogP contribution >= 0.6 is 0 Å². The highest BCUT2D eigenvalue weighted by Crippen LogP contribution is 2.01. The van der Waals surface area contributed by atoms with Gasteiger partial charge in [-0.2, -0.15) is 0 Å². The van der Waals surface area contributed by atoms with E-state index in [4.69, 9.17) is 4.74 Å². The first-order valence-electron chi connectivity index (χ1n) is 4.87. The van der Waals surface area contributed by atoms with Crippen LogP contribution in [0, 0.1) is 0 Å². The minimum Gasteiger partial charge on any atom is -0.466 e. The maximum Gasteiger partial charge on any atom is 0.306 e. The maximum atomic E-state index is 11.1. The van der Waals surface area contributed by atoms with E-state index in [1.54, 1.807) is 12.4 Å². The van der Waals surface area contributed by atoms with Crippen molar-refractivity contribution in [3.8, 4) is 0 Å². The van der Waals surface area contributed by atoms with Gasteiger partial charge in [0.25, 0.3) is 0 Å². The number of hydrogen-bond donors (Lipinski definition) is 0. The van der Waals surface area contributed by atoms with Gasteiger partial charge in [-0.1, -0.05) is 6.92 Å². The minimum absolute atomic E-state index is 0.122. The maximum absolute atomic E-state index is 11.1. The summed E-state index contributed by atoms with van der Waals surface area (Å²) >= 11 is 0. The molecule has 0 fully saturated rings. The average molecular weight is 193 g/mol. The molecule has 1 aromatic rings. The van der Waals surface area contributed by atoms with E-state index in [9.17, 15) is 4.79 Å². The molecule has 0 atom stereocenters. The summed E-state index contributed by atoms with van der Waals surface area (Å²) in [6, 6.07) is 3.82. The van der Waals surface area contributed by atoms with Crippen LogP contribution < -0.4 is 0 Å². The van der Waals surface area contributed by atoms with E-state index in [1.165, 1.54) is 0 Å². The molecular formula is C11H15NO2. The third kappa shape index (κ3) is 4.03. The summed E-state index contributed by atoms with van der Waals surface area (Å²) in [7, 11) is 0. The Balaban J connectivity index is 2.24. The minimum atomic E-state index is -0.122. The van der Waals surface area contributed by atoms with E-state index in [1.807, 2.05) is 19.1 Å². The number of carbonyl (C=O) groups excluding carboxylic acids is 1. The Kier molecular flexibility index (Phi) is 4.69. The van der Waals surface area contributed by atoms with Gasteiger partial charge in [-0.05, 0) is 30.5 Å². The molecule has 3 heteroatoms. The van der Waals surface area contributed by atoms with E-state index in [0.29, 0.717) is 13.0 Å². The van der Waals surface area contributed by atoms with Crippen molar-refractivity contribution < 1.29 is 9.53 Å². The lowest BCUT2D eigenvalue weighted by molar-refractivity contribution is -0.143. The van der Waals surface area contributed by atoms with Gasteiger partial charge in [0.2, 0.25) is 0 Å². The first-order valence-corrected chi connectivity index (χ1v) is 4.87. The first-order chi connectivity index (χ1) is 6.83. The quantitative estimate of drug-likeness (QED) is 0.671. The molecule has 0 aliphatic carbocycles. The van der Waals surface area contributed by atoms with Crippen molar-refractivity contribution in [3.05, 3.63) is 30.1 Å². The lowest BCUT2D eigenvalue weighted by atomic mass is 10.1. The van der Waals surface area contributed by atoms with Crippen molar-refractivity contribution in [1.29, 1.82) is 0 Å². The Morgan fingerprint density at radius 1 is 1.43 bits per heavy atom. The van der Waals surface area contributed by atoms with Crippen molar-refractivity contribution >= 4 is 5.97 Å². The number of ether oxygens (including phenoxy) is 1. The third-order valence-corrected chi connectivity index (χ3v) is 1.83. The Hall–Kier alpha value is -1.38. The number of aryl methyl sites for hydroxylation is 1. The van der Waals surface area contributed by atoms with Gasteiger partial charge in [0.1, 0.15) is 0 Å². The molecule has 0 aliphatic rings. The number of hydrogen-bond acceptors (Lipinski definition) is 3. The Bertz CT molecular complexity index is 272. The van der Waals surface area contributed by atoms with E-state index < -0.39 is 0 Å². The standard InChI is InChI=1S/C11H15NO2/c1-2-9-14-11(13)4-3-10-5-7-12-8-6-10/h5-8H,2-4,9H2,1H3. The van der Waals surface area contributed by atoms with Crippen LogP contribution in [-0.4, -0.2) is 17.6 Å². The largest absolute Gasteiger partial charge is 0.466 e. The monoisotopic (exact) mass is 193 g/mol. The predicted octanol–water partition coefficient (Wildman–Crippen LogP) is 1.97. The van der Waals surface area contributed by atoms with Crippen LogP contribution in [0.2, 0.25) is 0 Å². The van der Waals surface area contributed by atoms with E-state index in [-0.39, 0.29) is 5.97 Å². The molecule has 1 aromatic heterocycles. The summed E-state index contributed by atoms with van der Waals surface area (Å²) in [6.45, 7) is 2.51. The first kappa shape index (κ1) is 10.7. The van der Waals surface area contributed by atoms with Crippen LogP contribution in [0.4, 0.5) is 0 Å². The molecule has 1 rings (SSSR count). The van der Waals surface area contributed by atoms with Crippen LogP contribution in [-0.2, 0) is 16.0 Å². The summed E-state index contributed by atoms with van der Waals surface area (Å²) in [5.74, 6) is -0.122. The molecule has 0 saturated heterocycles. The highest BCUT2D eigenvalue weighted by molar-refractivity contribution is 5.69. The molecule has 0 radical (unpaired) electrons. The molecule has 14 heavy (non-hydrogen) atoms. The fourth-order valence-corrected chi connectivity index (χ4v) is 1.08. The number of esters is 1. The van der Waals surface area contributed by atoms with Gasteiger partial charge in [0, 0.05) is 18.8 Å². The zero-order valence-electron chi connectivity index (χ0n) is 8.40. The molecule has 0 aliphatic heterocycles. The number of carbonyl (C=O) groups is 1. The second-order valence-corrected chi connectivity index (χ2v) is 3.08. The molecule has 1 heterocycles. The van der Waals surface area contributed by atoms with Crippen LogP contribution in [0.3, 0.4) is 0 Å². The summed E-state index contributed by atoms with van der Waals surface area (Å²) in [6.07, 6.45) is 5.51. The third-order valence-electron chi connectivity index (χ3n) is 1.83. The zero-order valence-corrected chi connectivity index (χ0v) is 8.40. The number of aromatic nitrogens is 1. The highest BCUT2D eigenvalue weighted by atomic mass is 16.5. The van der Waals surface area contributed by atoms with Crippen molar-refractivity contribution in [2.24, 2.45) is 0 Å². The van der Waals surface area contributed by atoms with Gasteiger partial charge in [0.15, 0.2) is 0 Å². The summed E-state index contributed by atoms with van der Waals surface area (Å²) in [5.41, 5.74) is 1.12. The topological polar surface area (TPSA) is 39.2 Å². The molecule has 0 spiro atoms. The SMILES string of the molecule is CCCOC(=O)CCc1ccncc1. The van der Waals surface area contributed by atoms with Gasteiger partial charge in [-0.25, -0.2) is 0 Å². The molecule has 0 bridgehead atoms. The van der Waals surface area contributed by atoms with Crippen LogP contribution in [0.15, 0.2) is 24.5 Å². The summed E-state index contributed by atoms with van der Waals surface area (Å²) < 4.78 is 4.96. The van der Waals surface area contributed by atoms with E-state index in [2.05, 4.69) is 4.98 Å². The van der Waals surface area contributed by atoms with Gasteiger partial charge < -0.3 is 4.74 Å². The zero-order chi connectivity index (χ0) is 10.2. The van der Waals surface area contributed by atoms with Crippen LogP contribution in [0.1, 0.15) is 25.3 Å². The van der Waals surface area contributed by atoms with Gasteiger partial charge in [-0.3, -0.25) is 9.78 Å². The molecule has 0 aromatic carbocycles. The number of pyridine rings is 1. The number of rotatable bonds is 5. The molecular weight excluding hydrogens is 178 g/mol. The summed E-state index contributed by atoms with van der Waals surface area (Å²) in [4.78, 5) is 15.0. The predicted molar refractivity (Wildman–Crippen MR) is 53.8 cm³/mol. The highest BCUT2D eigenvalue weighted by Gasteiger charge is 2.02. The van der Waals surface area contributed by atoms with Crippen molar-refractivity contribution in [1.82, 2.24) is 4.98 Å². The van der Waals surface area contributed by atoms with Gasteiger partial charge in [-0.15, -0.1) is 0 Å². The average Bonchev–Trinajstić information content (AvgIpc) is 2.25. The normalized spacial score (nSPS) is 9.79.